The zero-order chi connectivity index (χ0) is 16.8. The first-order valence-corrected chi connectivity index (χ1v) is 7.81. The molecule has 0 saturated carbocycles. The molecular formula is C19H25NO3. The molecule has 0 spiro atoms. The van der Waals surface area contributed by atoms with Gasteiger partial charge in [0.25, 0.3) is 0 Å². The van der Waals surface area contributed by atoms with Crippen molar-refractivity contribution in [1.82, 2.24) is 0 Å². The van der Waals surface area contributed by atoms with Gasteiger partial charge in [0.1, 0.15) is 11.5 Å². The van der Waals surface area contributed by atoms with E-state index in [9.17, 15) is 5.11 Å². The smallest absolute Gasteiger partial charge is 0.124 e. The van der Waals surface area contributed by atoms with Gasteiger partial charge in [0.2, 0.25) is 0 Å². The lowest BCUT2D eigenvalue weighted by molar-refractivity contribution is 0.274. The fraction of sp³-hybridized carbons (Fsp3) is 0.368. The molecule has 0 aromatic heterocycles. The molecule has 0 aliphatic carbocycles. The second-order valence-electron chi connectivity index (χ2n) is 5.54. The number of aryl methyl sites for hydroxylation is 1. The van der Waals surface area contributed by atoms with E-state index in [1.807, 2.05) is 30.3 Å². The molecule has 4 nitrogen and oxygen atoms in total. The van der Waals surface area contributed by atoms with Crippen LogP contribution in [0.4, 0.5) is 5.69 Å². The van der Waals surface area contributed by atoms with Crippen molar-refractivity contribution < 1.29 is 14.6 Å². The van der Waals surface area contributed by atoms with Crippen molar-refractivity contribution in [1.29, 1.82) is 0 Å². The number of ether oxygens (including phenoxy) is 2. The van der Waals surface area contributed by atoms with Crippen LogP contribution < -0.4 is 14.8 Å². The SMILES string of the molecule is CCC(Nc1ccc(OC)c(CO)c1)c1cc(C)ccc1OC. The third-order valence-electron chi connectivity index (χ3n) is 3.96. The molecule has 0 aliphatic rings. The Bertz CT molecular complexity index is 655. The standard InChI is InChI=1S/C19H25NO3/c1-5-17(16-10-13(2)6-8-19(16)23-4)20-15-7-9-18(22-3)14(11-15)12-21/h6-11,17,20-21H,5,12H2,1-4H3. The van der Waals surface area contributed by atoms with E-state index in [0.29, 0.717) is 5.75 Å². The molecule has 0 heterocycles. The van der Waals surface area contributed by atoms with E-state index in [0.717, 1.165) is 29.0 Å². The quantitative estimate of drug-likeness (QED) is 0.809. The Labute approximate surface area is 138 Å². The zero-order valence-electron chi connectivity index (χ0n) is 14.2. The van der Waals surface area contributed by atoms with Gasteiger partial charge in [-0.1, -0.05) is 24.6 Å². The van der Waals surface area contributed by atoms with Gasteiger partial charge in [0.05, 0.1) is 26.9 Å². The molecule has 1 atom stereocenters. The number of rotatable bonds is 7. The Kier molecular flexibility index (Phi) is 5.88. The van der Waals surface area contributed by atoms with Crippen LogP contribution in [0.3, 0.4) is 0 Å². The molecule has 124 valence electrons. The summed E-state index contributed by atoms with van der Waals surface area (Å²) in [5.41, 5.74) is 4.05. The van der Waals surface area contributed by atoms with E-state index in [2.05, 4.69) is 25.2 Å². The molecule has 4 heteroatoms. The molecule has 2 aromatic carbocycles. The molecule has 0 saturated heterocycles. The lowest BCUT2D eigenvalue weighted by atomic mass is 10.0. The van der Waals surface area contributed by atoms with Crippen LogP contribution in [0.5, 0.6) is 11.5 Å². The Morgan fingerprint density at radius 3 is 2.35 bits per heavy atom. The second-order valence-corrected chi connectivity index (χ2v) is 5.54. The van der Waals surface area contributed by atoms with Crippen molar-refractivity contribution in [3.63, 3.8) is 0 Å². The summed E-state index contributed by atoms with van der Waals surface area (Å²) < 4.78 is 10.8. The number of hydrogen-bond acceptors (Lipinski definition) is 4. The third-order valence-corrected chi connectivity index (χ3v) is 3.96. The Morgan fingerprint density at radius 2 is 1.74 bits per heavy atom. The van der Waals surface area contributed by atoms with Crippen molar-refractivity contribution >= 4 is 5.69 Å². The molecule has 0 fully saturated rings. The Hall–Kier alpha value is -2.20. The minimum atomic E-state index is -0.0523. The van der Waals surface area contributed by atoms with Crippen LogP contribution in [-0.2, 0) is 6.61 Å². The van der Waals surface area contributed by atoms with Crippen molar-refractivity contribution in [2.24, 2.45) is 0 Å². The Balaban J connectivity index is 2.31. The van der Waals surface area contributed by atoms with Gasteiger partial charge in [-0.2, -0.15) is 0 Å². The van der Waals surface area contributed by atoms with Gasteiger partial charge in [0, 0.05) is 16.8 Å². The molecular weight excluding hydrogens is 290 g/mol. The number of methoxy groups -OCH3 is 2. The van der Waals surface area contributed by atoms with Crippen molar-refractivity contribution in [2.45, 2.75) is 32.9 Å². The lowest BCUT2D eigenvalue weighted by Gasteiger charge is -2.22. The minimum Gasteiger partial charge on any atom is -0.496 e. The van der Waals surface area contributed by atoms with E-state index < -0.39 is 0 Å². The van der Waals surface area contributed by atoms with Crippen LogP contribution in [-0.4, -0.2) is 19.3 Å². The van der Waals surface area contributed by atoms with Crippen LogP contribution >= 0.6 is 0 Å². The molecule has 0 radical (unpaired) electrons. The maximum atomic E-state index is 9.47. The molecule has 0 bridgehead atoms. The largest absolute Gasteiger partial charge is 0.496 e. The van der Waals surface area contributed by atoms with Crippen LogP contribution in [0.15, 0.2) is 36.4 Å². The highest BCUT2D eigenvalue weighted by atomic mass is 16.5. The average Bonchev–Trinajstić information content (AvgIpc) is 2.59. The van der Waals surface area contributed by atoms with Gasteiger partial charge in [-0.15, -0.1) is 0 Å². The summed E-state index contributed by atoms with van der Waals surface area (Å²) in [6, 6.07) is 12.1. The summed E-state index contributed by atoms with van der Waals surface area (Å²) in [6.07, 6.45) is 0.917. The summed E-state index contributed by atoms with van der Waals surface area (Å²) >= 11 is 0. The van der Waals surface area contributed by atoms with Gasteiger partial charge >= 0.3 is 0 Å². The number of nitrogens with one attached hydrogen (secondary N) is 1. The predicted molar refractivity (Wildman–Crippen MR) is 93.3 cm³/mol. The topological polar surface area (TPSA) is 50.7 Å². The normalized spacial score (nSPS) is 11.9. The fourth-order valence-electron chi connectivity index (χ4n) is 2.72. The summed E-state index contributed by atoms with van der Waals surface area (Å²) in [5, 5.41) is 13.0. The van der Waals surface area contributed by atoms with Crippen LogP contribution in [0.2, 0.25) is 0 Å². The van der Waals surface area contributed by atoms with Gasteiger partial charge in [-0.25, -0.2) is 0 Å². The van der Waals surface area contributed by atoms with E-state index in [4.69, 9.17) is 9.47 Å². The van der Waals surface area contributed by atoms with E-state index in [1.54, 1.807) is 14.2 Å². The predicted octanol–water partition coefficient (Wildman–Crippen LogP) is 4.07. The summed E-state index contributed by atoms with van der Waals surface area (Å²) in [4.78, 5) is 0. The average molecular weight is 315 g/mol. The maximum absolute atomic E-state index is 9.47. The molecule has 2 aromatic rings. The van der Waals surface area contributed by atoms with Gasteiger partial charge < -0.3 is 19.9 Å². The molecule has 2 rings (SSSR count). The monoisotopic (exact) mass is 315 g/mol. The van der Waals surface area contributed by atoms with Crippen LogP contribution in [0.25, 0.3) is 0 Å². The fourth-order valence-corrected chi connectivity index (χ4v) is 2.72. The first-order chi connectivity index (χ1) is 11.1. The number of aliphatic hydroxyl groups is 1. The molecule has 1 unspecified atom stereocenters. The van der Waals surface area contributed by atoms with Crippen molar-refractivity contribution in [2.75, 3.05) is 19.5 Å². The first-order valence-electron chi connectivity index (χ1n) is 7.81. The van der Waals surface area contributed by atoms with Gasteiger partial charge in [-0.3, -0.25) is 0 Å². The van der Waals surface area contributed by atoms with E-state index >= 15 is 0 Å². The van der Waals surface area contributed by atoms with Gasteiger partial charge in [-0.05, 0) is 37.6 Å². The Morgan fingerprint density at radius 1 is 1.04 bits per heavy atom. The minimum absolute atomic E-state index is 0.0523. The zero-order valence-corrected chi connectivity index (χ0v) is 14.2. The molecule has 2 N–H and O–H groups in total. The van der Waals surface area contributed by atoms with Gasteiger partial charge in [0.15, 0.2) is 0 Å². The number of anilines is 1. The van der Waals surface area contributed by atoms with Crippen molar-refractivity contribution in [3.8, 4) is 11.5 Å². The van der Waals surface area contributed by atoms with E-state index in [1.165, 1.54) is 5.56 Å². The first kappa shape index (κ1) is 17.2. The highest BCUT2D eigenvalue weighted by Gasteiger charge is 2.15. The number of aliphatic hydroxyl groups excluding tert-OH is 1. The third kappa shape index (κ3) is 3.96. The lowest BCUT2D eigenvalue weighted by Crippen LogP contribution is -2.11. The summed E-state index contributed by atoms with van der Waals surface area (Å²) in [6.45, 7) is 4.16. The molecule has 0 aliphatic heterocycles. The highest BCUT2D eigenvalue weighted by Crippen LogP contribution is 2.32. The van der Waals surface area contributed by atoms with Crippen LogP contribution in [0, 0.1) is 6.92 Å². The highest BCUT2D eigenvalue weighted by molar-refractivity contribution is 5.53. The summed E-state index contributed by atoms with van der Waals surface area (Å²) in [5.74, 6) is 1.57. The van der Waals surface area contributed by atoms with Crippen molar-refractivity contribution in [3.05, 3.63) is 53.1 Å². The molecule has 23 heavy (non-hydrogen) atoms. The van der Waals surface area contributed by atoms with E-state index in [-0.39, 0.29) is 12.6 Å². The summed E-state index contributed by atoms with van der Waals surface area (Å²) in [7, 11) is 3.30. The number of benzene rings is 2. The molecule has 0 amide bonds. The second kappa shape index (κ2) is 7.88. The maximum Gasteiger partial charge on any atom is 0.124 e. The number of hydrogen-bond donors (Lipinski definition) is 2. The van der Waals surface area contributed by atoms with Crippen LogP contribution in [0.1, 0.15) is 36.1 Å².